The summed E-state index contributed by atoms with van der Waals surface area (Å²) < 4.78 is 5.30. The van der Waals surface area contributed by atoms with E-state index in [9.17, 15) is 0 Å². The highest BCUT2D eigenvalue weighted by molar-refractivity contribution is 4.80. The second-order valence-corrected chi connectivity index (χ2v) is 5.90. The minimum atomic E-state index is 0.595. The molecule has 2 atom stereocenters. The average molecular weight is 287 g/mol. The molecule has 0 aliphatic rings. The van der Waals surface area contributed by atoms with Gasteiger partial charge in [-0.3, -0.25) is 4.90 Å². The van der Waals surface area contributed by atoms with Crippen molar-refractivity contribution >= 4 is 0 Å². The Morgan fingerprint density at radius 2 is 1.70 bits per heavy atom. The number of hydrogen-bond acceptors (Lipinski definition) is 3. The zero-order chi connectivity index (χ0) is 15.4. The minimum Gasteiger partial charge on any atom is -0.383 e. The molecule has 0 heterocycles. The molecule has 0 bridgehead atoms. The topological polar surface area (TPSA) is 24.5 Å². The van der Waals surface area contributed by atoms with Crippen LogP contribution in [0.2, 0.25) is 0 Å². The molecule has 0 aromatic carbocycles. The van der Waals surface area contributed by atoms with Crippen LogP contribution in [0.1, 0.15) is 60.3 Å². The lowest BCUT2D eigenvalue weighted by Crippen LogP contribution is -2.49. The Labute approximate surface area is 127 Å². The Morgan fingerprint density at radius 3 is 2.15 bits per heavy atom. The number of hydrogen-bond donors (Lipinski definition) is 1. The third-order valence-corrected chi connectivity index (χ3v) is 4.46. The van der Waals surface area contributed by atoms with E-state index in [1.54, 1.807) is 7.11 Å². The molecule has 0 spiro atoms. The summed E-state index contributed by atoms with van der Waals surface area (Å²) in [5.74, 6) is 0.723. The first-order valence-electron chi connectivity index (χ1n) is 8.60. The molecule has 1 N–H and O–H groups in total. The van der Waals surface area contributed by atoms with E-state index < -0.39 is 0 Å². The first kappa shape index (κ1) is 19.9. The number of methoxy groups -OCH3 is 1. The predicted molar refractivity (Wildman–Crippen MR) is 89.4 cm³/mol. The zero-order valence-corrected chi connectivity index (χ0v) is 14.7. The maximum atomic E-state index is 5.30. The van der Waals surface area contributed by atoms with Gasteiger partial charge in [-0.2, -0.15) is 0 Å². The lowest BCUT2D eigenvalue weighted by Gasteiger charge is -2.36. The van der Waals surface area contributed by atoms with Gasteiger partial charge in [-0.15, -0.1) is 0 Å². The largest absolute Gasteiger partial charge is 0.383 e. The summed E-state index contributed by atoms with van der Waals surface area (Å²) in [6, 6.07) is 1.28. The molecule has 0 aliphatic carbocycles. The van der Waals surface area contributed by atoms with Gasteiger partial charge < -0.3 is 10.1 Å². The van der Waals surface area contributed by atoms with Gasteiger partial charge in [0.05, 0.1) is 6.61 Å². The Hall–Kier alpha value is -0.120. The molecule has 0 fully saturated rings. The maximum Gasteiger partial charge on any atom is 0.0589 e. The third-order valence-electron chi connectivity index (χ3n) is 4.46. The van der Waals surface area contributed by atoms with Crippen LogP contribution in [-0.2, 0) is 4.74 Å². The normalized spacial score (nSPS) is 15.0. The molecular weight excluding hydrogens is 248 g/mol. The lowest BCUT2D eigenvalue weighted by atomic mass is 9.97. The second kappa shape index (κ2) is 12.6. The summed E-state index contributed by atoms with van der Waals surface area (Å²) >= 11 is 0. The monoisotopic (exact) mass is 286 g/mol. The van der Waals surface area contributed by atoms with Gasteiger partial charge in [0.1, 0.15) is 0 Å². The van der Waals surface area contributed by atoms with E-state index in [1.807, 2.05) is 0 Å². The first-order chi connectivity index (χ1) is 9.64. The second-order valence-electron chi connectivity index (χ2n) is 5.90. The molecule has 3 nitrogen and oxygen atoms in total. The Bertz CT molecular complexity index is 207. The fourth-order valence-corrected chi connectivity index (χ4v) is 2.75. The van der Waals surface area contributed by atoms with Crippen molar-refractivity contribution in [2.75, 3.05) is 33.4 Å². The van der Waals surface area contributed by atoms with Crippen LogP contribution in [0.25, 0.3) is 0 Å². The van der Waals surface area contributed by atoms with Gasteiger partial charge in [0, 0.05) is 32.3 Å². The SMILES string of the molecule is CCCNC(CN(CCOC)C(CC)CC)C(C)CC. The lowest BCUT2D eigenvalue weighted by molar-refractivity contribution is 0.0988. The summed E-state index contributed by atoms with van der Waals surface area (Å²) in [7, 11) is 1.80. The molecule has 2 unspecified atom stereocenters. The third kappa shape index (κ3) is 7.61. The molecule has 0 saturated carbocycles. The van der Waals surface area contributed by atoms with Crippen LogP contribution in [0.4, 0.5) is 0 Å². The van der Waals surface area contributed by atoms with Crippen LogP contribution in [0.5, 0.6) is 0 Å². The highest BCUT2D eigenvalue weighted by Crippen LogP contribution is 2.14. The Kier molecular flexibility index (Phi) is 12.5. The first-order valence-corrected chi connectivity index (χ1v) is 8.60. The molecule has 0 aromatic heterocycles. The van der Waals surface area contributed by atoms with E-state index in [1.165, 1.54) is 25.7 Å². The molecule has 0 aromatic rings. The Morgan fingerprint density at radius 1 is 1.05 bits per heavy atom. The molecule has 20 heavy (non-hydrogen) atoms. The fourth-order valence-electron chi connectivity index (χ4n) is 2.75. The molecule has 0 amide bonds. The Balaban J connectivity index is 4.66. The molecule has 0 rings (SSSR count). The molecule has 0 saturated heterocycles. The predicted octanol–water partition coefficient (Wildman–Crippen LogP) is 3.54. The van der Waals surface area contributed by atoms with Crippen LogP contribution in [0.15, 0.2) is 0 Å². The van der Waals surface area contributed by atoms with Crippen LogP contribution in [0.3, 0.4) is 0 Å². The smallest absolute Gasteiger partial charge is 0.0589 e. The van der Waals surface area contributed by atoms with Gasteiger partial charge >= 0.3 is 0 Å². The zero-order valence-electron chi connectivity index (χ0n) is 14.7. The fraction of sp³-hybridized carbons (Fsp3) is 1.00. The van der Waals surface area contributed by atoms with Crippen molar-refractivity contribution in [1.29, 1.82) is 0 Å². The number of ether oxygens (including phenoxy) is 1. The van der Waals surface area contributed by atoms with Crippen molar-refractivity contribution in [2.24, 2.45) is 5.92 Å². The molecule has 122 valence electrons. The summed E-state index contributed by atoms with van der Waals surface area (Å²) in [6.07, 6.45) is 4.89. The van der Waals surface area contributed by atoms with E-state index >= 15 is 0 Å². The molecular formula is C17H38N2O. The van der Waals surface area contributed by atoms with Crippen LogP contribution < -0.4 is 5.32 Å². The van der Waals surface area contributed by atoms with Crippen molar-refractivity contribution in [3.8, 4) is 0 Å². The maximum absolute atomic E-state index is 5.30. The van der Waals surface area contributed by atoms with Crippen molar-refractivity contribution in [1.82, 2.24) is 10.2 Å². The van der Waals surface area contributed by atoms with E-state index in [-0.39, 0.29) is 0 Å². The standard InChI is InChI=1S/C17H38N2O/c1-7-11-18-17(15(5)8-2)14-19(12-13-20-6)16(9-3)10-4/h15-18H,7-14H2,1-6H3. The summed E-state index contributed by atoms with van der Waals surface area (Å²) in [5, 5.41) is 3.75. The number of nitrogens with one attached hydrogen (secondary N) is 1. The van der Waals surface area contributed by atoms with E-state index in [2.05, 4.69) is 44.8 Å². The van der Waals surface area contributed by atoms with Gasteiger partial charge in [0.25, 0.3) is 0 Å². The van der Waals surface area contributed by atoms with E-state index in [0.717, 1.165) is 32.2 Å². The van der Waals surface area contributed by atoms with Gasteiger partial charge in [0.15, 0.2) is 0 Å². The van der Waals surface area contributed by atoms with Crippen molar-refractivity contribution in [2.45, 2.75) is 72.4 Å². The minimum absolute atomic E-state index is 0.595. The van der Waals surface area contributed by atoms with Gasteiger partial charge in [-0.05, 0) is 31.7 Å². The van der Waals surface area contributed by atoms with Crippen molar-refractivity contribution in [3.63, 3.8) is 0 Å². The van der Waals surface area contributed by atoms with Gasteiger partial charge in [-0.1, -0.05) is 41.0 Å². The highest BCUT2D eigenvalue weighted by Gasteiger charge is 2.22. The van der Waals surface area contributed by atoms with Crippen LogP contribution >= 0.6 is 0 Å². The molecule has 3 heteroatoms. The summed E-state index contributed by atoms with van der Waals surface area (Å²) in [4.78, 5) is 2.63. The number of nitrogens with zero attached hydrogens (tertiary/aromatic N) is 1. The summed E-state index contributed by atoms with van der Waals surface area (Å²) in [5.41, 5.74) is 0. The van der Waals surface area contributed by atoms with Crippen LogP contribution in [0, 0.1) is 5.92 Å². The molecule has 0 aliphatic heterocycles. The average Bonchev–Trinajstić information content (AvgIpc) is 2.48. The van der Waals surface area contributed by atoms with E-state index in [4.69, 9.17) is 4.74 Å². The van der Waals surface area contributed by atoms with Crippen LogP contribution in [-0.4, -0.2) is 50.3 Å². The quantitative estimate of drug-likeness (QED) is 0.560. The van der Waals surface area contributed by atoms with Gasteiger partial charge in [-0.25, -0.2) is 0 Å². The van der Waals surface area contributed by atoms with Crippen molar-refractivity contribution in [3.05, 3.63) is 0 Å². The van der Waals surface area contributed by atoms with Crippen molar-refractivity contribution < 1.29 is 4.74 Å². The number of rotatable bonds is 13. The molecule has 0 radical (unpaired) electrons. The van der Waals surface area contributed by atoms with E-state index in [0.29, 0.717) is 12.1 Å². The summed E-state index contributed by atoms with van der Waals surface area (Å²) in [6.45, 7) is 15.6. The highest BCUT2D eigenvalue weighted by atomic mass is 16.5. The van der Waals surface area contributed by atoms with Gasteiger partial charge in [0.2, 0.25) is 0 Å².